The molecule has 0 saturated carbocycles. The summed E-state index contributed by atoms with van der Waals surface area (Å²) >= 11 is 0. The predicted octanol–water partition coefficient (Wildman–Crippen LogP) is 9.68. The zero-order valence-corrected chi connectivity index (χ0v) is 19.8. The average Bonchev–Trinajstić information content (AvgIpc) is 2.80. The molecule has 0 amide bonds. The molecule has 0 bridgehead atoms. The molecule has 0 spiro atoms. The van der Waals surface area contributed by atoms with E-state index in [9.17, 15) is 0 Å². The fraction of sp³-hybridized carbons (Fsp3) is 0.567. The molecule has 0 aliphatic heterocycles. The molecule has 0 aliphatic carbocycles. The smallest absolute Gasteiger partial charge is 0.0205 e. The molecule has 165 valence electrons. The van der Waals surface area contributed by atoms with Gasteiger partial charge in [-0.25, -0.2) is 0 Å². The summed E-state index contributed by atoms with van der Waals surface area (Å²) in [5.74, 6) is 0. The first-order valence-corrected chi connectivity index (χ1v) is 12.8. The van der Waals surface area contributed by atoms with Crippen LogP contribution in [0.15, 0.2) is 60.7 Å². The minimum absolute atomic E-state index is 0.123. The molecule has 0 heterocycles. The van der Waals surface area contributed by atoms with Crippen LogP contribution >= 0.6 is 0 Å². The van der Waals surface area contributed by atoms with E-state index in [0.717, 1.165) is 6.42 Å². The van der Waals surface area contributed by atoms with Gasteiger partial charge in [-0.05, 0) is 30.4 Å². The third kappa shape index (κ3) is 8.29. The van der Waals surface area contributed by atoms with Gasteiger partial charge >= 0.3 is 0 Å². The minimum atomic E-state index is 0.123. The fourth-order valence-electron chi connectivity index (χ4n) is 4.77. The molecule has 1 radical (unpaired) electrons. The molecular weight excluding hydrogens is 360 g/mol. The Bertz CT molecular complexity index is 588. The Morgan fingerprint density at radius 3 is 1.50 bits per heavy atom. The number of rotatable bonds is 17. The normalized spacial score (nSPS) is 11.7. The van der Waals surface area contributed by atoms with E-state index in [2.05, 4.69) is 80.9 Å². The van der Waals surface area contributed by atoms with Crippen LogP contribution in [0, 0.1) is 6.42 Å². The summed E-state index contributed by atoms with van der Waals surface area (Å²) in [6.07, 6.45) is 21.4. The van der Waals surface area contributed by atoms with Crippen molar-refractivity contribution >= 4 is 0 Å². The monoisotopic (exact) mass is 405 g/mol. The first kappa shape index (κ1) is 24.7. The van der Waals surface area contributed by atoms with Crippen molar-refractivity contribution in [2.75, 3.05) is 0 Å². The summed E-state index contributed by atoms with van der Waals surface area (Å²) in [5, 5.41) is 0. The first-order chi connectivity index (χ1) is 14.8. The van der Waals surface area contributed by atoms with Crippen molar-refractivity contribution in [2.24, 2.45) is 0 Å². The van der Waals surface area contributed by atoms with Gasteiger partial charge in [0.1, 0.15) is 0 Å². The molecular formula is C30H45. The highest BCUT2D eigenvalue weighted by molar-refractivity contribution is 5.39. The van der Waals surface area contributed by atoms with Crippen molar-refractivity contribution in [1.29, 1.82) is 0 Å². The van der Waals surface area contributed by atoms with Gasteiger partial charge in [0.05, 0.1) is 0 Å². The molecule has 0 N–H and O–H groups in total. The predicted molar refractivity (Wildman–Crippen MR) is 134 cm³/mol. The fourth-order valence-corrected chi connectivity index (χ4v) is 4.77. The summed E-state index contributed by atoms with van der Waals surface area (Å²) in [7, 11) is 0. The zero-order valence-electron chi connectivity index (χ0n) is 19.8. The Morgan fingerprint density at radius 2 is 1.03 bits per heavy atom. The molecule has 30 heavy (non-hydrogen) atoms. The molecule has 0 aliphatic rings. The van der Waals surface area contributed by atoms with Crippen LogP contribution in [0.25, 0.3) is 0 Å². The van der Waals surface area contributed by atoms with Crippen LogP contribution in [0.5, 0.6) is 0 Å². The second kappa shape index (κ2) is 15.3. The Hall–Kier alpha value is -1.56. The molecule has 0 saturated heterocycles. The van der Waals surface area contributed by atoms with Gasteiger partial charge < -0.3 is 0 Å². The quantitative estimate of drug-likeness (QED) is 0.230. The van der Waals surface area contributed by atoms with Crippen LogP contribution in [0.3, 0.4) is 0 Å². The SMILES string of the molecule is CCC[CH]CC(CCCCCCCCCCCC)(c1ccccc1)c1ccccc1. The highest BCUT2D eigenvalue weighted by Gasteiger charge is 2.33. The number of hydrogen-bond acceptors (Lipinski definition) is 0. The summed E-state index contributed by atoms with van der Waals surface area (Å²) in [5.41, 5.74) is 3.09. The van der Waals surface area contributed by atoms with Crippen molar-refractivity contribution in [3.63, 3.8) is 0 Å². The van der Waals surface area contributed by atoms with E-state index in [0.29, 0.717) is 0 Å². The Morgan fingerprint density at radius 1 is 0.567 bits per heavy atom. The van der Waals surface area contributed by atoms with Crippen molar-refractivity contribution in [3.05, 3.63) is 78.2 Å². The van der Waals surface area contributed by atoms with E-state index in [1.54, 1.807) is 0 Å². The average molecular weight is 406 g/mol. The van der Waals surface area contributed by atoms with Crippen molar-refractivity contribution in [2.45, 2.75) is 109 Å². The summed E-state index contributed by atoms with van der Waals surface area (Å²) in [6.45, 7) is 4.58. The van der Waals surface area contributed by atoms with Crippen LogP contribution < -0.4 is 0 Å². The van der Waals surface area contributed by atoms with Crippen molar-refractivity contribution in [1.82, 2.24) is 0 Å². The van der Waals surface area contributed by atoms with Gasteiger partial charge in [-0.3, -0.25) is 0 Å². The van der Waals surface area contributed by atoms with Gasteiger partial charge in [0.2, 0.25) is 0 Å². The molecule has 0 unspecified atom stereocenters. The maximum atomic E-state index is 2.54. The summed E-state index contributed by atoms with van der Waals surface area (Å²) in [4.78, 5) is 0. The highest BCUT2D eigenvalue weighted by atomic mass is 14.4. The van der Waals surface area contributed by atoms with Crippen LogP contribution in [0.1, 0.15) is 115 Å². The maximum Gasteiger partial charge on any atom is 0.0205 e. The lowest BCUT2D eigenvalue weighted by Gasteiger charge is -2.36. The standard InChI is InChI=1S/C30H45/c1-3-5-7-8-9-10-11-12-13-21-27-30(26-20-6-4-2,28-22-16-14-17-23-28)29-24-18-15-19-25-29/h14-20,22-25H,3-13,21,26-27H2,1-2H3. The van der Waals surface area contributed by atoms with E-state index in [4.69, 9.17) is 0 Å². The number of hydrogen-bond donors (Lipinski definition) is 0. The van der Waals surface area contributed by atoms with E-state index in [1.807, 2.05) is 0 Å². The number of benzene rings is 2. The third-order valence-corrected chi connectivity index (χ3v) is 6.60. The molecule has 0 aromatic heterocycles. The van der Waals surface area contributed by atoms with Gasteiger partial charge in [-0.1, -0.05) is 152 Å². The van der Waals surface area contributed by atoms with Crippen LogP contribution in [0.2, 0.25) is 0 Å². The van der Waals surface area contributed by atoms with Gasteiger partial charge in [-0.15, -0.1) is 0 Å². The van der Waals surface area contributed by atoms with Crippen molar-refractivity contribution in [3.8, 4) is 0 Å². The van der Waals surface area contributed by atoms with E-state index in [-0.39, 0.29) is 5.41 Å². The second-order valence-corrected chi connectivity index (χ2v) is 9.03. The van der Waals surface area contributed by atoms with E-state index >= 15 is 0 Å². The first-order valence-electron chi connectivity index (χ1n) is 12.8. The zero-order chi connectivity index (χ0) is 21.3. The Balaban J connectivity index is 1.96. The van der Waals surface area contributed by atoms with Crippen molar-refractivity contribution < 1.29 is 0 Å². The molecule has 0 fully saturated rings. The topological polar surface area (TPSA) is 0 Å². The second-order valence-electron chi connectivity index (χ2n) is 9.03. The van der Waals surface area contributed by atoms with Crippen LogP contribution in [-0.2, 0) is 5.41 Å². The number of unbranched alkanes of at least 4 members (excludes halogenated alkanes) is 11. The Kier molecular flexibility index (Phi) is 12.6. The largest absolute Gasteiger partial charge is 0.0654 e. The van der Waals surface area contributed by atoms with Gasteiger partial charge in [0.25, 0.3) is 0 Å². The summed E-state index contributed by atoms with van der Waals surface area (Å²) < 4.78 is 0. The molecule has 2 aromatic rings. The third-order valence-electron chi connectivity index (χ3n) is 6.60. The van der Waals surface area contributed by atoms with Gasteiger partial charge in [0.15, 0.2) is 0 Å². The highest BCUT2D eigenvalue weighted by Crippen LogP contribution is 2.41. The van der Waals surface area contributed by atoms with E-state index < -0.39 is 0 Å². The van der Waals surface area contributed by atoms with Crippen LogP contribution in [0.4, 0.5) is 0 Å². The Labute approximate surface area is 187 Å². The lowest BCUT2D eigenvalue weighted by atomic mass is 9.68. The van der Waals surface area contributed by atoms with Gasteiger partial charge in [-0.2, -0.15) is 0 Å². The minimum Gasteiger partial charge on any atom is -0.0654 e. The molecule has 2 rings (SSSR count). The molecule has 0 nitrogen and oxygen atoms in total. The van der Waals surface area contributed by atoms with Gasteiger partial charge in [0, 0.05) is 5.41 Å². The van der Waals surface area contributed by atoms with Crippen LogP contribution in [-0.4, -0.2) is 0 Å². The molecule has 0 heteroatoms. The lowest BCUT2D eigenvalue weighted by molar-refractivity contribution is 0.426. The van der Waals surface area contributed by atoms with E-state index in [1.165, 1.54) is 94.6 Å². The lowest BCUT2D eigenvalue weighted by Crippen LogP contribution is -2.28. The molecule has 2 aromatic carbocycles. The maximum absolute atomic E-state index is 2.54. The summed E-state index contributed by atoms with van der Waals surface area (Å²) in [6, 6.07) is 22.6. The molecule has 0 atom stereocenters.